The molecule has 1 aromatic heterocycles. The number of benzene rings is 1. The molecule has 2 heterocycles. The summed E-state index contributed by atoms with van der Waals surface area (Å²) < 4.78 is 0. The Morgan fingerprint density at radius 2 is 2.24 bits per heavy atom. The van der Waals surface area contributed by atoms with Gasteiger partial charge in [-0.1, -0.05) is 25.1 Å². The molecule has 1 fully saturated rings. The second kappa shape index (κ2) is 5.53. The maximum Gasteiger partial charge on any atom is 0.224 e. The zero-order valence-corrected chi connectivity index (χ0v) is 12.6. The number of nitrogens with one attached hydrogen (secondary N) is 1. The first kappa shape index (κ1) is 14.1. The molecule has 1 unspecified atom stereocenters. The molecule has 1 aliphatic rings. The van der Waals surface area contributed by atoms with Gasteiger partial charge >= 0.3 is 0 Å². The number of likely N-dealkylation sites (tertiary alicyclic amines) is 1. The van der Waals surface area contributed by atoms with Crippen molar-refractivity contribution in [2.24, 2.45) is 11.1 Å². The third-order valence-electron chi connectivity index (χ3n) is 4.92. The number of hydrogen-bond donors (Lipinski definition) is 2. The average Bonchev–Trinajstić information content (AvgIpc) is 2.90. The van der Waals surface area contributed by atoms with E-state index in [-0.39, 0.29) is 11.3 Å². The smallest absolute Gasteiger partial charge is 0.224 e. The van der Waals surface area contributed by atoms with Crippen LogP contribution in [0.2, 0.25) is 0 Å². The number of piperidine rings is 1. The van der Waals surface area contributed by atoms with Gasteiger partial charge in [-0.15, -0.1) is 0 Å². The summed E-state index contributed by atoms with van der Waals surface area (Å²) in [4.78, 5) is 17.5. The summed E-state index contributed by atoms with van der Waals surface area (Å²) in [5.41, 5.74) is 7.79. The molecule has 4 nitrogen and oxygen atoms in total. The number of nitrogens with two attached hydrogens (primary N) is 1. The van der Waals surface area contributed by atoms with E-state index in [0.717, 1.165) is 38.9 Å². The molecule has 0 bridgehead atoms. The van der Waals surface area contributed by atoms with Crippen molar-refractivity contribution in [3.8, 4) is 0 Å². The number of carbonyl (C=O) groups excluding carboxylic acids is 1. The van der Waals surface area contributed by atoms with Crippen molar-refractivity contribution in [1.29, 1.82) is 0 Å². The van der Waals surface area contributed by atoms with Crippen LogP contribution < -0.4 is 5.73 Å². The van der Waals surface area contributed by atoms with E-state index >= 15 is 0 Å². The van der Waals surface area contributed by atoms with Gasteiger partial charge in [0, 0.05) is 30.2 Å². The molecular weight excluding hydrogens is 262 g/mol. The third kappa shape index (κ3) is 2.56. The van der Waals surface area contributed by atoms with Gasteiger partial charge in [0.25, 0.3) is 0 Å². The maximum absolute atomic E-state index is 11.9. The predicted octanol–water partition coefficient (Wildman–Crippen LogP) is 2.65. The van der Waals surface area contributed by atoms with Crippen molar-refractivity contribution in [3.63, 3.8) is 0 Å². The fraction of sp³-hybridized carbons (Fsp3) is 0.471. The van der Waals surface area contributed by atoms with Crippen LogP contribution >= 0.6 is 0 Å². The van der Waals surface area contributed by atoms with Crippen LogP contribution in [0.5, 0.6) is 0 Å². The van der Waals surface area contributed by atoms with Gasteiger partial charge in [-0.3, -0.25) is 9.69 Å². The summed E-state index contributed by atoms with van der Waals surface area (Å²) in [5, 5.41) is 1.27. The number of hydrogen-bond acceptors (Lipinski definition) is 2. The summed E-state index contributed by atoms with van der Waals surface area (Å²) >= 11 is 0. The second-order valence-electron chi connectivity index (χ2n) is 6.17. The topological polar surface area (TPSA) is 62.1 Å². The Bertz CT molecular complexity index is 648. The van der Waals surface area contributed by atoms with Gasteiger partial charge in [-0.05, 0) is 37.4 Å². The van der Waals surface area contributed by atoms with Gasteiger partial charge in [0.05, 0.1) is 5.41 Å². The zero-order valence-electron chi connectivity index (χ0n) is 12.6. The normalized spacial score (nSPS) is 23.5. The van der Waals surface area contributed by atoms with Gasteiger partial charge in [0.2, 0.25) is 5.91 Å². The first-order valence-corrected chi connectivity index (χ1v) is 7.72. The van der Waals surface area contributed by atoms with Crippen molar-refractivity contribution >= 4 is 16.8 Å². The SMILES string of the molecule is CCC1(C(N)=O)CCCN(Cc2c[nH]c3ccccc23)C1. The number of rotatable bonds is 4. The minimum absolute atomic E-state index is 0.145. The van der Waals surface area contributed by atoms with Crippen molar-refractivity contribution in [1.82, 2.24) is 9.88 Å². The number of H-pyrrole nitrogens is 1. The summed E-state index contributed by atoms with van der Waals surface area (Å²) in [5.74, 6) is -0.145. The molecule has 112 valence electrons. The lowest BCUT2D eigenvalue weighted by molar-refractivity contribution is -0.131. The van der Waals surface area contributed by atoms with Crippen molar-refractivity contribution in [2.45, 2.75) is 32.7 Å². The first-order valence-electron chi connectivity index (χ1n) is 7.72. The van der Waals surface area contributed by atoms with Crippen LogP contribution in [0, 0.1) is 5.41 Å². The molecule has 1 aromatic carbocycles. The van der Waals surface area contributed by atoms with Gasteiger partial charge in [-0.2, -0.15) is 0 Å². The van der Waals surface area contributed by atoms with E-state index in [9.17, 15) is 4.79 Å². The quantitative estimate of drug-likeness (QED) is 0.907. The van der Waals surface area contributed by atoms with Crippen LogP contribution in [-0.4, -0.2) is 28.9 Å². The van der Waals surface area contributed by atoms with Crippen molar-refractivity contribution < 1.29 is 4.79 Å². The van der Waals surface area contributed by atoms with E-state index in [1.54, 1.807) is 0 Å². The molecule has 0 saturated carbocycles. The Morgan fingerprint density at radius 3 is 3.00 bits per heavy atom. The fourth-order valence-electron chi connectivity index (χ4n) is 3.53. The predicted molar refractivity (Wildman–Crippen MR) is 84.7 cm³/mol. The molecule has 0 radical (unpaired) electrons. The minimum Gasteiger partial charge on any atom is -0.369 e. The largest absolute Gasteiger partial charge is 0.369 e. The highest BCUT2D eigenvalue weighted by molar-refractivity contribution is 5.83. The Kier molecular flexibility index (Phi) is 3.72. The van der Waals surface area contributed by atoms with Crippen LogP contribution in [0.3, 0.4) is 0 Å². The molecule has 1 aliphatic heterocycles. The molecule has 1 saturated heterocycles. The molecule has 1 amide bonds. The van der Waals surface area contributed by atoms with Crippen LogP contribution in [0.15, 0.2) is 30.5 Å². The van der Waals surface area contributed by atoms with Crippen LogP contribution in [0.1, 0.15) is 31.7 Å². The first-order chi connectivity index (χ1) is 10.1. The van der Waals surface area contributed by atoms with Crippen LogP contribution in [0.4, 0.5) is 0 Å². The summed E-state index contributed by atoms with van der Waals surface area (Å²) in [6.45, 7) is 4.76. The fourth-order valence-corrected chi connectivity index (χ4v) is 3.53. The molecule has 4 heteroatoms. The molecule has 3 N–H and O–H groups in total. The van der Waals surface area contributed by atoms with E-state index in [2.05, 4.69) is 41.2 Å². The highest BCUT2D eigenvalue weighted by atomic mass is 16.1. The number of aromatic nitrogens is 1. The molecule has 0 aliphatic carbocycles. The van der Waals surface area contributed by atoms with E-state index in [4.69, 9.17) is 5.73 Å². The molecule has 3 rings (SSSR count). The maximum atomic E-state index is 11.9. The van der Waals surface area contributed by atoms with E-state index in [0.29, 0.717) is 0 Å². The highest BCUT2D eigenvalue weighted by Crippen LogP contribution is 2.34. The molecule has 1 atom stereocenters. The molecule has 0 spiro atoms. The number of fused-ring (bicyclic) bond motifs is 1. The number of aromatic amines is 1. The van der Waals surface area contributed by atoms with Gasteiger partial charge < -0.3 is 10.7 Å². The third-order valence-corrected chi connectivity index (χ3v) is 4.92. The van der Waals surface area contributed by atoms with Gasteiger partial charge in [0.15, 0.2) is 0 Å². The van der Waals surface area contributed by atoms with Crippen LogP contribution in [-0.2, 0) is 11.3 Å². The molecular formula is C17H23N3O. The number of amides is 1. The molecule has 2 aromatic rings. The Hall–Kier alpha value is -1.81. The standard InChI is InChI=1S/C17H23N3O/c1-2-17(16(18)21)8-5-9-20(12-17)11-13-10-19-15-7-4-3-6-14(13)15/h3-4,6-7,10,19H,2,5,8-9,11-12H2,1H3,(H2,18,21). The second-order valence-corrected chi connectivity index (χ2v) is 6.17. The van der Waals surface area contributed by atoms with Gasteiger partial charge in [0.1, 0.15) is 0 Å². The van der Waals surface area contributed by atoms with Crippen LogP contribution in [0.25, 0.3) is 10.9 Å². The highest BCUT2D eigenvalue weighted by Gasteiger charge is 2.39. The molecule has 21 heavy (non-hydrogen) atoms. The Morgan fingerprint density at radius 1 is 1.43 bits per heavy atom. The number of para-hydroxylation sites is 1. The van der Waals surface area contributed by atoms with Crippen molar-refractivity contribution in [2.75, 3.05) is 13.1 Å². The van der Waals surface area contributed by atoms with Crippen molar-refractivity contribution in [3.05, 3.63) is 36.0 Å². The minimum atomic E-state index is -0.343. The number of carbonyl (C=O) groups is 1. The Labute approximate surface area is 125 Å². The lowest BCUT2D eigenvalue weighted by Crippen LogP contribution is -2.49. The van der Waals surface area contributed by atoms with E-state index < -0.39 is 0 Å². The number of primary amides is 1. The Balaban J connectivity index is 1.80. The summed E-state index contributed by atoms with van der Waals surface area (Å²) in [6.07, 6.45) is 4.87. The van der Waals surface area contributed by atoms with Gasteiger partial charge in [-0.25, -0.2) is 0 Å². The zero-order chi connectivity index (χ0) is 14.9. The van der Waals surface area contributed by atoms with E-state index in [1.165, 1.54) is 16.5 Å². The summed E-state index contributed by atoms with van der Waals surface area (Å²) in [6, 6.07) is 8.34. The monoisotopic (exact) mass is 285 g/mol. The summed E-state index contributed by atoms with van der Waals surface area (Å²) in [7, 11) is 0. The average molecular weight is 285 g/mol. The van der Waals surface area contributed by atoms with E-state index in [1.807, 2.05) is 6.07 Å². The lowest BCUT2D eigenvalue weighted by Gasteiger charge is -2.40. The lowest BCUT2D eigenvalue weighted by atomic mass is 9.77. The number of nitrogens with zero attached hydrogens (tertiary/aromatic N) is 1.